The first-order valence-electron chi connectivity index (χ1n) is 6.98. The van der Waals surface area contributed by atoms with Gasteiger partial charge in [0, 0.05) is 25.0 Å². The molecule has 0 unspecified atom stereocenters. The molecule has 0 fully saturated rings. The van der Waals surface area contributed by atoms with Crippen molar-refractivity contribution in [3.63, 3.8) is 0 Å². The van der Waals surface area contributed by atoms with Crippen molar-refractivity contribution in [1.29, 1.82) is 0 Å². The second-order valence-electron chi connectivity index (χ2n) is 4.83. The molecular weight excluding hydrogens is 250 g/mol. The van der Waals surface area contributed by atoms with Crippen LogP contribution in [-0.2, 0) is 13.0 Å². The van der Waals surface area contributed by atoms with Crippen LogP contribution in [0.1, 0.15) is 29.4 Å². The number of nitrogens with one attached hydrogen (secondary N) is 1. The summed E-state index contributed by atoms with van der Waals surface area (Å²) < 4.78 is 1.98. The molecule has 2 rings (SSSR count). The van der Waals surface area contributed by atoms with E-state index in [0.29, 0.717) is 6.54 Å². The van der Waals surface area contributed by atoms with Gasteiger partial charge in [-0.05, 0) is 42.7 Å². The van der Waals surface area contributed by atoms with Crippen LogP contribution in [0.15, 0.2) is 42.6 Å². The van der Waals surface area contributed by atoms with Crippen LogP contribution in [0.3, 0.4) is 0 Å². The SMILES string of the molecule is CCCn1cccc1C(=O)NCCc1ccc(N)cc1. The predicted octanol–water partition coefficient (Wildman–Crippen LogP) is 2.45. The molecule has 2 aromatic rings. The number of aryl methyl sites for hydroxylation is 1. The van der Waals surface area contributed by atoms with Crippen LogP contribution in [-0.4, -0.2) is 17.0 Å². The minimum Gasteiger partial charge on any atom is -0.399 e. The molecule has 0 spiro atoms. The molecule has 3 N–H and O–H groups in total. The molecule has 4 heteroatoms. The van der Waals surface area contributed by atoms with Crippen molar-refractivity contribution in [3.8, 4) is 0 Å². The highest BCUT2D eigenvalue weighted by atomic mass is 16.1. The lowest BCUT2D eigenvalue weighted by molar-refractivity contribution is 0.0944. The average molecular weight is 271 g/mol. The Labute approximate surface area is 119 Å². The van der Waals surface area contributed by atoms with Gasteiger partial charge in [-0.1, -0.05) is 19.1 Å². The van der Waals surface area contributed by atoms with Crippen molar-refractivity contribution in [3.05, 3.63) is 53.9 Å². The molecule has 1 heterocycles. The van der Waals surface area contributed by atoms with E-state index in [1.54, 1.807) is 0 Å². The summed E-state index contributed by atoms with van der Waals surface area (Å²) in [5.41, 5.74) is 8.30. The van der Waals surface area contributed by atoms with Gasteiger partial charge in [0.25, 0.3) is 5.91 Å². The number of carbonyl (C=O) groups excluding carboxylic acids is 1. The minimum atomic E-state index is -0.0149. The number of anilines is 1. The highest BCUT2D eigenvalue weighted by Crippen LogP contribution is 2.06. The van der Waals surface area contributed by atoms with Gasteiger partial charge in [-0.2, -0.15) is 0 Å². The normalized spacial score (nSPS) is 10.4. The fourth-order valence-electron chi connectivity index (χ4n) is 2.15. The highest BCUT2D eigenvalue weighted by molar-refractivity contribution is 5.92. The van der Waals surface area contributed by atoms with Crippen molar-refractivity contribution < 1.29 is 4.79 Å². The smallest absolute Gasteiger partial charge is 0.267 e. The Balaban J connectivity index is 1.85. The fourth-order valence-corrected chi connectivity index (χ4v) is 2.15. The summed E-state index contributed by atoms with van der Waals surface area (Å²) in [7, 11) is 0. The van der Waals surface area contributed by atoms with Gasteiger partial charge in [0.1, 0.15) is 5.69 Å². The van der Waals surface area contributed by atoms with Crippen LogP contribution in [0, 0.1) is 0 Å². The standard InChI is InChI=1S/C16H21N3O/c1-2-11-19-12-3-4-15(19)16(20)18-10-9-13-5-7-14(17)8-6-13/h3-8,12H,2,9-11,17H2,1H3,(H,18,20). The number of amides is 1. The summed E-state index contributed by atoms with van der Waals surface area (Å²) in [6.07, 6.45) is 3.76. The van der Waals surface area contributed by atoms with E-state index in [1.807, 2.05) is 47.2 Å². The first-order chi connectivity index (χ1) is 9.70. The lowest BCUT2D eigenvalue weighted by Gasteiger charge is -2.09. The lowest BCUT2D eigenvalue weighted by atomic mass is 10.1. The second kappa shape index (κ2) is 6.80. The largest absolute Gasteiger partial charge is 0.399 e. The van der Waals surface area contributed by atoms with Gasteiger partial charge < -0.3 is 15.6 Å². The minimum absolute atomic E-state index is 0.0149. The Morgan fingerprint density at radius 3 is 2.70 bits per heavy atom. The number of rotatable bonds is 6. The fraction of sp³-hybridized carbons (Fsp3) is 0.312. The summed E-state index contributed by atoms with van der Waals surface area (Å²) in [6, 6.07) is 11.5. The van der Waals surface area contributed by atoms with Crippen molar-refractivity contribution >= 4 is 11.6 Å². The molecule has 1 aromatic carbocycles. The van der Waals surface area contributed by atoms with Gasteiger partial charge in [-0.25, -0.2) is 0 Å². The molecule has 0 radical (unpaired) electrons. The number of carbonyl (C=O) groups is 1. The quantitative estimate of drug-likeness (QED) is 0.793. The molecular formula is C16H21N3O. The zero-order valence-electron chi connectivity index (χ0n) is 11.8. The number of hydrogen-bond acceptors (Lipinski definition) is 2. The lowest BCUT2D eigenvalue weighted by Crippen LogP contribution is -2.27. The number of hydrogen-bond donors (Lipinski definition) is 2. The molecule has 20 heavy (non-hydrogen) atoms. The van der Waals surface area contributed by atoms with Gasteiger partial charge in [-0.15, -0.1) is 0 Å². The summed E-state index contributed by atoms with van der Waals surface area (Å²) >= 11 is 0. The van der Waals surface area contributed by atoms with E-state index < -0.39 is 0 Å². The topological polar surface area (TPSA) is 60.0 Å². The third-order valence-corrected chi connectivity index (χ3v) is 3.21. The van der Waals surface area contributed by atoms with E-state index in [1.165, 1.54) is 5.56 Å². The molecule has 1 amide bonds. The first-order valence-corrected chi connectivity index (χ1v) is 6.98. The van der Waals surface area contributed by atoms with Crippen LogP contribution in [0.2, 0.25) is 0 Å². The number of nitrogen functional groups attached to an aromatic ring is 1. The van der Waals surface area contributed by atoms with E-state index in [4.69, 9.17) is 5.73 Å². The third-order valence-electron chi connectivity index (χ3n) is 3.21. The van der Waals surface area contributed by atoms with Crippen LogP contribution < -0.4 is 11.1 Å². The van der Waals surface area contributed by atoms with Gasteiger partial charge in [0.15, 0.2) is 0 Å². The highest BCUT2D eigenvalue weighted by Gasteiger charge is 2.09. The summed E-state index contributed by atoms with van der Waals surface area (Å²) in [6.45, 7) is 3.59. The molecule has 0 atom stereocenters. The summed E-state index contributed by atoms with van der Waals surface area (Å²) in [5, 5.41) is 2.96. The molecule has 0 aliphatic carbocycles. The molecule has 0 saturated heterocycles. The van der Waals surface area contributed by atoms with Crippen molar-refractivity contribution in [1.82, 2.24) is 9.88 Å². The molecule has 1 aromatic heterocycles. The zero-order chi connectivity index (χ0) is 14.4. The van der Waals surface area contributed by atoms with Gasteiger partial charge >= 0.3 is 0 Å². The summed E-state index contributed by atoms with van der Waals surface area (Å²) in [4.78, 5) is 12.1. The number of nitrogens with zero attached hydrogens (tertiary/aromatic N) is 1. The van der Waals surface area contributed by atoms with E-state index in [2.05, 4.69) is 12.2 Å². The van der Waals surface area contributed by atoms with E-state index in [9.17, 15) is 4.79 Å². The van der Waals surface area contributed by atoms with Crippen molar-refractivity contribution in [2.75, 3.05) is 12.3 Å². The summed E-state index contributed by atoms with van der Waals surface area (Å²) in [5.74, 6) is -0.0149. The monoisotopic (exact) mass is 271 g/mol. The van der Waals surface area contributed by atoms with E-state index >= 15 is 0 Å². The van der Waals surface area contributed by atoms with Crippen LogP contribution >= 0.6 is 0 Å². The zero-order valence-corrected chi connectivity index (χ0v) is 11.8. The Morgan fingerprint density at radius 2 is 2.00 bits per heavy atom. The molecule has 0 saturated carbocycles. The van der Waals surface area contributed by atoms with E-state index in [-0.39, 0.29) is 5.91 Å². The predicted molar refractivity (Wildman–Crippen MR) is 81.6 cm³/mol. The molecule has 0 aliphatic heterocycles. The van der Waals surface area contributed by atoms with Crippen LogP contribution in [0.25, 0.3) is 0 Å². The average Bonchev–Trinajstić information content (AvgIpc) is 2.90. The van der Waals surface area contributed by atoms with Crippen LogP contribution in [0.4, 0.5) is 5.69 Å². The Kier molecular flexibility index (Phi) is 4.82. The molecule has 0 aliphatic rings. The maximum atomic E-state index is 12.1. The first kappa shape index (κ1) is 14.2. The Morgan fingerprint density at radius 1 is 1.25 bits per heavy atom. The number of aromatic nitrogens is 1. The molecule has 4 nitrogen and oxygen atoms in total. The molecule has 0 bridgehead atoms. The van der Waals surface area contributed by atoms with Crippen LogP contribution in [0.5, 0.6) is 0 Å². The Bertz CT molecular complexity index is 557. The second-order valence-corrected chi connectivity index (χ2v) is 4.83. The maximum absolute atomic E-state index is 12.1. The van der Waals surface area contributed by atoms with Gasteiger partial charge in [-0.3, -0.25) is 4.79 Å². The molecule has 106 valence electrons. The van der Waals surface area contributed by atoms with Crippen molar-refractivity contribution in [2.45, 2.75) is 26.3 Å². The maximum Gasteiger partial charge on any atom is 0.267 e. The Hall–Kier alpha value is -2.23. The van der Waals surface area contributed by atoms with Gasteiger partial charge in [0.2, 0.25) is 0 Å². The number of benzene rings is 1. The third kappa shape index (κ3) is 3.63. The van der Waals surface area contributed by atoms with Gasteiger partial charge in [0.05, 0.1) is 0 Å². The number of nitrogens with two attached hydrogens (primary N) is 1. The van der Waals surface area contributed by atoms with E-state index in [0.717, 1.165) is 30.8 Å². The van der Waals surface area contributed by atoms with Crippen molar-refractivity contribution in [2.24, 2.45) is 0 Å².